The topological polar surface area (TPSA) is 89.8 Å². The highest BCUT2D eigenvalue weighted by Gasteiger charge is 2.20. The van der Waals surface area contributed by atoms with Crippen molar-refractivity contribution in [3.05, 3.63) is 24.3 Å². The number of aliphatic hydroxyl groups is 3. The average Bonchev–Trinajstić information content (AvgIpc) is 3.14. The van der Waals surface area contributed by atoms with E-state index in [1.165, 1.54) is 186 Å². The zero-order valence-corrected chi connectivity index (χ0v) is 35.0. The Bertz CT molecular complexity index is 768. The van der Waals surface area contributed by atoms with Gasteiger partial charge in [-0.2, -0.15) is 0 Å². The van der Waals surface area contributed by atoms with Gasteiger partial charge in [-0.3, -0.25) is 4.79 Å². The van der Waals surface area contributed by atoms with Crippen LogP contribution in [0.3, 0.4) is 0 Å². The highest BCUT2D eigenvalue weighted by atomic mass is 16.3. The molecule has 0 aliphatic carbocycles. The Balaban J connectivity index is 3.63. The molecule has 1 amide bonds. The zero-order chi connectivity index (χ0) is 38.0. The van der Waals surface area contributed by atoms with Gasteiger partial charge in [0.05, 0.1) is 31.3 Å². The maximum Gasteiger partial charge on any atom is 0.222 e. The highest BCUT2D eigenvalue weighted by Crippen LogP contribution is 2.16. The van der Waals surface area contributed by atoms with E-state index in [0.29, 0.717) is 6.42 Å². The van der Waals surface area contributed by atoms with Crippen LogP contribution in [0, 0.1) is 0 Å². The lowest BCUT2D eigenvalue weighted by Gasteiger charge is -2.21. The lowest BCUT2D eigenvalue weighted by Crippen LogP contribution is -2.45. The van der Waals surface area contributed by atoms with E-state index in [1.54, 1.807) is 6.08 Å². The van der Waals surface area contributed by atoms with Gasteiger partial charge in [0.2, 0.25) is 5.91 Å². The number of aliphatic hydroxyl groups excluding tert-OH is 3. The first-order valence-electron chi connectivity index (χ1n) is 23.1. The molecule has 0 spiro atoms. The van der Waals surface area contributed by atoms with Crippen molar-refractivity contribution in [2.75, 3.05) is 6.61 Å². The van der Waals surface area contributed by atoms with Crippen LogP contribution in [-0.2, 0) is 4.79 Å². The minimum atomic E-state index is -0.948. The summed E-state index contributed by atoms with van der Waals surface area (Å²) in [6, 6.07) is -0.757. The first-order chi connectivity index (χ1) is 25.5. The van der Waals surface area contributed by atoms with Crippen LogP contribution in [0.25, 0.3) is 0 Å². The molecule has 0 aromatic heterocycles. The van der Waals surface area contributed by atoms with E-state index in [-0.39, 0.29) is 18.9 Å². The molecule has 0 heterocycles. The molecule has 0 aliphatic rings. The molecule has 52 heavy (non-hydrogen) atoms. The molecule has 4 N–H and O–H groups in total. The number of hydrogen-bond acceptors (Lipinski definition) is 4. The number of carbonyl (C=O) groups excluding carboxylic acids is 1. The van der Waals surface area contributed by atoms with E-state index in [9.17, 15) is 20.1 Å². The third-order valence-electron chi connectivity index (χ3n) is 10.7. The van der Waals surface area contributed by atoms with Crippen LogP contribution >= 0.6 is 0 Å². The van der Waals surface area contributed by atoms with Gasteiger partial charge in [0.15, 0.2) is 0 Å². The third-order valence-corrected chi connectivity index (χ3v) is 10.7. The molecule has 0 aliphatic heterocycles. The fourth-order valence-corrected chi connectivity index (χ4v) is 7.18. The van der Waals surface area contributed by atoms with E-state index in [1.807, 2.05) is 6.08 Å². The van der Waals surface area contributed by atoms with Crippen LogP contribution in [0.4, 0.5) is 0 Å². The molecule has 5 heteroatoms. The largest absolute Gasteiger partial charge is 0.394 e. The number of allylic oxidation sites excluding steroid dienone is 3. The van der Waals surface area contributed by atoms with Crippen molar-refractivity contribution in [2.45, 2.75) is 263 Å². The van der Waals surface area contributed by atoms with Crippen molar-refractivity contribution in [1.29, 1.82) is 0 Å². The van der Waals surface area contributed by atoms with Crippen molar-refractivity contribution in [3.63, 3.8) is 0 Å². The molecule has 0 fully saturated rings. The van der Waals surface area contributed by atoms with Gasteiger partial charge in [-0.15, -0.1) is 0 Å². The fraction of sp³-hybridized carbons (Fsp3) is 0.894. The quantitative estimate of drug-likeness (QED) is 0.0371. The number of rotatable bonds is 42. The zero-order valence-electron chi connectivity index (χ0n) is 35.0. The molecule has 3 unspecified atom stereocenters. The number of amides is 1. The second-order valence-electron chi connectivity index (χ2n) is 16.0. The van der Waals surface area contributed by atoms with Gasteiger partial charge in [0.1, 0.15) is 0 Å². The molecule has 3 atom stereocenters. The number of carbonyl (C=O) groups is 1. The summed E-state index contributed by atoms with van der Waals surface area (Å²) >= 11 is 0. The first-order valence-corrected chi connectivity index (χ1v) is 23.1. The van der Waals surface area contributed by atoms with E-state index in [0.717, 1.165) is 32.1 Å². The summed E-state index contributed by atoms with van der Waals surface area (Å²) in [6.07, 6.45) is 51.9. The highest BCUT2D eigenvalue weighted by molar-refractivity contribution is 5.76. The standard InChI is InChI=1S/C47H91NO4/c1-3-5-7-9-11-13-15-17-19-20-21-22-23-24-25-27-28-30-32-34-36-38-40-44(50)42-47(52)48-45(43-49)46(51)41-39-37-35-33-31-29-26-18-16-14-12-10-8-6-4-2/h31,33,39,41,44-46,49-51H,3-30,32,34-38,40,42-43H2,1-2H3,(H,48,52)/b33-31+,41-39+. The minimum absolute atomic E-state index is 0.00986. The number of hydrogen-bond donors (Lipinski definition) is 4. The molecule has 0 aromatic rings. The van der Waals surface area contributed by atoms with Gasteiger partial charge in [-0.25, -0.2) is 0 Å². The van der Waals surface area contributed by atoms with E-state index < -0.39 is 18.2 Å². The third kappa shape index (κ3) is 38.6. The van der Waals surface area contributed by atoms with Crippen LogP contribution in [0.2, 0.25) is 0 Å². The lowest BCUT2D eigenvalue weighted by molar-refractivity contribution is -0.124. The predicted octanol–water partition coefficient (Wildman–Crippen LogP) is 13.4. The summed E-state index contributed by atoms with van der Waals surface area (Å²) in [5.41, 5.74) is 0. The Morgan fingerprint density at radius 3 is 1.23 bits per heavy atom. The van der Waals surface area contributed by atoms with Gasteiger partial charge in [-0.1, -0.05) is 231 Å². The Morgan fingerprint density at radius 1 is 0.481 bits per heavy atom. The summed E-state index contributed by atoms with van der Waals surface area (Å²) < 4.78 is 0. The second-order valence-corrected chi connectivity index (χ2v) is 16.0. The first kappa shape index (κ1) is 50.8. The van der Waals surface area contributed by atoms with Crippen LogP contribution in [0.15, 0.2) is 24.3 Å². The molecular weight excluding hydrogens is 643 g/mol. The average molecular weight is 734 g/mol. The van der Waals surface area contributed by atoms with E-state index >= 15 is 0 Å². The predicted molar refractivity (Wildman–Crippen MR) is 227 cm³/mol. The van der Waals surface area contributed by atoms with E-state index in [4.69, 9.17) is 0 Å². The SMILES string of the molecule is CCCCCCCCCCC/C=C/CC/C=C/C(O)C(CO)NC(=O)CC(O)CCCCCCCCCCCCCCCCCCCCCCCC. The van der Waals surface area contributed by atoms with Crippen LogP contribution < -0.4 is 5.32 Å². The van der Waals surface area contributed by atoms with Crippen LogP contribution in [0.1, 0.15) is 245 Å². The number of unbranched alkanes of at least 4 members (excludes halogenated alkanes) is 31. The van der Waals surface area contributed by atoms with Gasteiger partial charge in [0.25, 0.3) is 0 Å². The monoisotopic (exact) mass is 734 g/mol. The summed E-state index contributed by atoms with van der Waals surface area (Å²) in [4.78, 5) is 12.4. The summed E-state index contributed by atoms with van der Waals surface area (Å²) in [5.74, 6) is -0.322. The molecule has 0 rings (SSSR count). The Morgan fingerprint density at radius 2 is 0.827 bits per heavy atom. The van der Waals surface area contributed by atoms with Crippen molar-refractivity contribution >= 4 is 5.91 Å². The molecule has 5 nitrogen and oxygen atoms in total. The van der Waals surface area contributed by atoms with Gasteiger partial charge in [-0.05, 0) is 32.1 Å². The Kier molecular flexibility index (Phi) is 41.6. The van der Waals surface area contributed by atoms with Crippen LogP contribution in [-0.4, -0.2) is 46.1 Å². The van der Waals surface area contributed by atoms with E-state index in [2.05, 4.69) is 31.3 Å². The second kappa shape index (κ2) is 42.6. The smallest absolute Gasteiger partial charge is 0.222 e. The van der Waals surface area contributed by atoms with Crippen molar-refractivity contribution in [2.24, 2.45) is 0 Å². The van der Waals surface area contributed by atoms with Crippen molar-refractivity contribution in [1.82, 2.24) is 5.32 Å². The Labute approximate surface area is 324 Å². The van der Waals surface area contributed by atoms with Crippen molar-refractivity contribution in [3.8, 4) is 0 Å². The summed E-state index contributed by atoms with van der Waals surface area (Å²) in [7, 11) is 0. The van der Waals surface area contributed by atoms with Crippen LogP contribution in [0.5, 0.6) is 0 Å². The maximum absolute atomic E-state index is 12.4. The summed E-state index contributed by atoms with van der Waals surface area (Å²) in [5, 5.41) is 33.2. The van der Waals surface area contributed by atoms with Gasteiger partial charge in [0, 0.05) is 0 Å². The molecular formula is C47H91NO4. The lowest BCUT2D eigenvalue weighted by atomic mass is 10.0. The fourth-order valence-electron chi connectivity index (χ4n) is 7.18. The summed E-state index contributed by atoms with van der Waals surface area (Å²) in [6.45, 7) is 4.21. The minimum Gasteiger partial charge on any atom is -0.394 e. The molecule has 0 radical (unpaired) electrons. The molecule has 308 valence electrons. The van der Waals surface area contributed by atoms with Crippen molar-refractivity contribution < 1.29 is 20.1 Å². The molecule has 0 bridgehead atoms. The Hall–Kier alpha value is -1.17. The van der Waals surface area contributed by atoms with Gasteiger partial charge < -0.3 is 20.6 Å². The molecule has 0 aromatic carbocycles. The number of nitrogens with one attached hydrogen (secondary N) is 1. The maximum atomic E-state index is 12.4. The molecule has 0 saturated carbocycles. The normalized spacial score (nSPS) is 13.7. The van der Waals surface area contributed by atoms with Gasteiger partial charge >= 0.3 is 0 Å². The molecule has 0 saturated heterocycles.